The zero-order valence-corrected chi connectivity index (χ0v) is 13.9. The monoisotopic (exact) mass is 318 g/mol. The summed E-state index contributed by atoms with van der Waals surface area (Å²) in [5.41, 5.74) is 3.87. The predicted octanol–water partition coefficient (Wildman–Crippen LogP) is 4.68. The topological polar surface area (TPSA) is 28.3 Å². The highest BCUT2D eigenvalue weighted by atomic mass is 16.5. The van der Waals surface area contributed by atoms with E-state index in [0.29, 0.717) is 6.04 Å². The van der Waals surface area contributed by atoms with E-state index in [1.54, 1.807) is 7.11 Å². The molecule has 0 aliphatic carbocycles. The molecule has 1 N–H and O–H groups in total. The van der Waals surface area contributed by atoms with E-state index in [1.165, 1.54) is 22.0 Å². The molecule has 0 saturated heterocycles. The highest BCUT2D eigenvalue weighted by Gasteiger charge is 2.24. The minimum absolute atomic E-state index is 0.385. The maximum Gasteiger partial charge on any atom is 0.119 e. The Bertz CT molecular complexity index is 851. The van der Waals surface area contributed by atoms with Gasteiger partial charge in [0.1, 0.15) is 5.75 Å². The molecule has 24 heavy (non-hydrogen) atoms. The van der Waals surface area contributed by atoms with Crippen LogP contribution in [0.25, 0.3) is 10.9 Å². The molecule has 2 heterocycles. The lowest BCUT2D eigenvalue weighted by atomic mass is 9.97. The lowest BCUT2D eigenvalue weighted by molar-refractivity contribution is 0.203. The molecule has 1 aromatic heterocycles. The molecule has 0 saturated carbocycles. The number of ether oxygens (including phenoxy) is 1. The van der Waals surface area contributed by atoms with Gasteiger partial charge in [-0.05, 0) is 35.7 Å². The first kappa shape index (κ1) is 15.0. The molecular weight excluding hydrogens is 296 g/mol. The summed E-state index contributed by atoms with van der Waals surface area (Å²) in [6.07, 6.45) is 7.77. The average molecular weight is 318 g/mol. The fourth-order valence-electron chi connectivity index (χ4n) is 3.55. The van der Waals surface area contributed by atoms with Crippen molar-refractivity contribution in [2.45, 2.75) is 19.0 Å². The Morgan fingerprint density at radius 1 is 1.12 bits per heavy atom. The third-order valence-corrected chi connectivity index (χ3v) is 4.82. The van der Waals surface area contributed by atoms with Gasteiger partial charge in [-0.3, -0.25) is 4.90 Å². The van der Waals surface area contributed by atoms with E-state index in [2.05, 4.69) is 70.7 Å². The van der Waals surface area contributed by atoms with Gasteiger partial charge in [-0.1, -0.05) is 42.5 Å². The SMILES string of the molecule is COc1ccc2[nH]cc(C3CC=CCN3Cc3ccccc3)c2c1. The van der Waals surface area contributed by atoms with Gasteiger partial charge in [0, 0.05) is 36.2 Å². The molecule has 3 aromatic rings. The smallest absolute Gasteiger partial charge is 0.119 e. The summed E-state index contributed by atoms with van der Waals surface area (Å²) >= 11 is 0. The van der Waals surface area contributed by atoms with Crippen molar-refractivity contribution in [2.75, 3.05) is 13.7 Å². The average Bonchev–Trinajstić information content (AvgIpc) is 3.06. The molecule has 2 aromatic carbocycles. The van der Waals surface area contributed by atoms with Gasteiger partial charge in [-0.15, -0.1) is 0 Å². The van der Waals surface area contributed by atoms with E-state index in [0.717, 1.165) is 25.3 Å². The number of hydrogen-bond acceptors (Lipinski definition) is 2. The van der Waals surface area contributed by atoms with Crippen LogP contribution in [0.5, 0.6) is 5.75 Å². The summed E-state index contributed by atoms with van der Waals surface area (Å²) in [6, 6.07) is 17.3. The Labute approximate surface area is 142 Å². The van der Waals surface area contributed by atoms with Crippen LogP contribution in [-0.4, -0.2) is 23.5 Å². The van der Waals surface area contributed by atoms with Gasteiger partial charge in [0.25, 0.3) is 0 Å². The Kier molecular flexibility index (Phi) is 4.09. The highest BCUT2D eigenvalue weighted by molar-refractivity contribution is 5.85. The Balaban J connectivity index is 1.69. The van der Waals surface area contributed by atoms with Gasteiger partial charge < -0.3 is 9.72 Å². The number of rotatable bonds is 4. The zero-order chi connectivity index (χ0) is 16.4. The fraction of sp³-hybridized carbons (Fsp3) is 0.238. The molecule has 3 nitrogen and oxygen atoms in total. The number of H-pyrrole nitrogens is 1. The van der Waals surface area contributed by atoms with Crippen molar-refractivity contribution < 1.29 is 4.74 Å². The van der Waals surface area contributed by atoms with Crippen LogP contribution < -0.4 is 4.74 Å². The number of nitrogens with zero attached hydrogens (tertiary/aromatic N) is 1. The second kappa shape index (κ2) is 6.54. The Morgan fingerprint density at radius 3 is 2.83 bits per heavy atom. The van der Waals surface area contributed by atoms with Crippen LogP contribution in [0.2, 0.25) is 0 Å². The standard InChI is InChI=1S/C21H22N2O/c1-24-17-10-11-20-18(13-17)19(14-22-20)21-9-5-6-12-23(21)15-16-7-3-2-4-8-16/h2-8,10-11,13-14,21-22H,9,12,15H2,1H3. The number of fused-ring (bicyclic) bond motifs is 1. The minimum Gasteiger partial charge on any atom is -0.497 e. The predicted molar refractivity (Wildman–Crippen MR) is 98.2 cm³/mol. The van der Waals surface area contributed by atoms with Crippen LogP contribution in [0, 0.1) is 0 Å². The maximum absolute atomic E-state index is 5.42. The van der Waals surface area contributed by atoms with E-state index >= 15 is 0 Å². The molecule has 3 heteroatoms. The number of aromatic amines is 1. The molecule has 1 unspecified atom stereocenters. The lowest BCUT2D eigenvalue weighted by Crippen LogP contribution is -2.30. The van der Waals surface area contributed by atoms with Crippen molar-refractivity contribution in [1.29, 1.82) is 0 Å². The van der Waals surface area contributed by atoms with Crippen LogP contribution in [0.3, 0.4) is 0 Å². The van der Waals surface area contributed by atoms with Crippen LogP contribution in [0.1, 0.15) is 23.6 Å². The number of hydrogen-bond donors (Lipinski definition) is 1. The molecule has 0 amide bonds. The van der Waals surface area contributed by atoms with Gasteiger partial charge in [-0.2, -0.15) is 0 Å². The fourth-order valence-corrected chi connectivity index (χ4v) is 3.55. The molecule has 1 atom stereocenters. The normalized spacial score (nSPS) is 18.1. The van der Waals surface area contributed by atoms with Gasteiger partial charge in [-0.25, -0.2) is 0 Å². The van der Waals surface area contributed by atoms with Gasteiger partial charge >= 0.3 is 0 Å². The molecule has 0 fully saturated rings. The molecule has 1 aliphatic rings. The summed E-state index contributed by atoms with van der Waals surface area (Å²) in [7, 11) is 1.72. The van der Waals surface area contributed by atoms with E-state index in [4.69, 9.17) is 4.74 Å². The first-order valence-corrected chi connectivity index (χ1v) is 8.43. The largest absolute Gasteiger partial charge is 0.497 e. The summed E-state index contributed by atoms with van der Waals surface area (Å²) < 4.78 is 5.42. The van der Waals surface area contributed by atoms with Gasteiger partial charge in [0.05, 0.1) is 7.11 Å². The Morgan fingerprint density at radius 2 is 2.00 bits per heavy atom. The molecule has 0 spiro atoms. The summed E-state index contributed by atoms with van der Waals surface area (Å²) in [6.45, 7) is 1.95. The molecular formula is C21H22N2O. The maximum atomic E-state index is 5.42. The first-order chi connectivity index (χ1) is 11.8. The van der Waals surface area contributed by atoms with E-state index in [1.807, 2.05) is 6.07 Å². The number of benzene rings is 2. The number of nitrogens with one attached hydrogen (secondary N) is 1. The van der Waals surface area contributed by atoms with E-state index in [9.17, 15) is 0 Å². The van der Waals surface area contributed by atoms with Crippen molar-refractivity contribution in [3.05, 3.63) is 78.0 Å². The van der Waals surface area contributed by atoms with Crippen molar-refractivity contribution in [3.63, 3.8) is 0 Å². The second-order valence-corrected chi connectivity index (χ2v) is 6.29. The molecule has 122 valence electrons. The van der Waals surface area contributed by atoms with Crippen LogP contribution >= 0.6 is 0 Å². The van der Waals surface area contributed by atoms with Crippen molar-refractivity contribution in [2.24, 2.45) is 0 Å². The third kappa shape index (κ3) is 2.83. The van der Waals surface area contributed by atoms with E-state index < -0.39 is 0 Å². The molecule has 4 rings (SSSR count). The summed E-state index contributed by atoms with van der Waals surface area (Å²) in [5.74, 6) is 0.907. The summed E-state index contributed by atoms with van der Waals surface area (Å²) in [5, 5.41) is 1.26. The van der Waals surface area contributed by atoms with Gasteiger partial charge in [0.15, 0.2) is 0 Å². The van der Waals surface area contributed by atoms with Crippen molar-refractivity contribution in [3.8, 4) is 5.75 Å². The van der Waals surface area contributed by atoms with Gasteiger partial charge in [0.2, 0.25) is 0 Å². The van der Waals surface area contributed by atoms with Crippen LogP contribution in [0.15, 0.2) is 66.9 Å². The number of methoxy groups -OCH3 is 1. The number of aromatic nitrogens is 1. The zero-order valence-electron chi connectivity index (χ0n) is 13.9. The second-order valence-electron chi connectivity index (χ2n) is 6.29. The first-order valence-electron chi connectivity index (χ1n) is 8.43. The molecule has 0 radical (unpaired) electrons. The van der Waals surface area contributed by atoms with E-state index in [-0.39, 0.29) is 0 Å². The Hall–Kier alpha value is -2.52. The third-order valence-electron chi connectivity index (χ3n) is 4.82. The summed E-state index contributed by atoms with van der Waals surface area (Å²) in [4.78, 5) is 5.95. The minimum atomic E-state index is 0.385. The highest BCUT2D eigenvalue weighted by Crippen LogP contribution is 2.35. The van der Waals surface area contributed by atoms with Crippen molar-refractivity contribution >= 4 is 10.9 Å². The lowest BCUT2D eigenvalue weighted by Gasteiger charge is -2.33. The van der Waals surface area contributed by atoms with Crippen molar-refractivity contribution in [1.82, 2.24) is 9.88 Å². The van der Waals surface area contributed by atoms with Crippen LogP contribution in [-0.2, 0) is 6.54 Å². The van der Waals surface area contributed by atoms with Crippen LogP contribution in [0.4, 0.5) is 0 Å². The molecule has 1 aliphatic heterocycles. The molecule has 0 bridgehead atoms. The quantitative estimate of drug-likeness (QED) is 0.708.